The smallest absolute Gasteiger partial charge is 0.490 e. The number of hydrogen-bond acceptors (Lipinski definition) is 6. The van der Waals surface area contributed by atoms with Gasteiger partial charge in [-0.05, 0) is 72.0 Å². The fourth-order valence-corrected chi connectivity index (χ4v) is 2.89. The maximum absolute atomic E-state index is 12.3. The van der Waals surface area contributed by atoms with E-state index in [1.807, 2.05) is 24.3 Å². The van der Waals surface area contributed by atoms with Crippen LogP contribution in [0.2, 0.25) is 0 Å². The van der Waals surface area contributed by atoms with Gasteiger partial charge < -0.3 is 26.4 Å². The monoisotopic (exact) mass is 602 g/mol. The molecule has 1 aromatic heterocycles. The number of amidine groups is 1. The lowest BCUT2D eigenvalue weighted by molar-refractivity contribution is -0.193. The number of nitrogens with one attached hydrogen (secondary N) is 2. The molecule has 16 heteroatoms. The number of aliphatic carboxylic acids is 2. The molecule has 0 saturated carbocycles. The molecule has 2 aromatic carbocycles. The summed E-state index contributed by atoms with van der Waals surface area (Å²) in [6.07, 6.45) is -5.45. The quantitative estimate of drug-likeness (QED) is 0.0996. The lowest BCUT2D eigenvalue weighted by Crippen LogP contribution is -2.24. The van der Waals surface area contributed by atoms with Crippen LogP contribution in [0.4, 0.5) is 26.3 Å². The number of carbonyl (C=O) groups excluding carboxylic acids is 1. The van der Waals surface area contributed by atoms with Gasteiger partial charge in [-0.15, -0.1) is 0 Å². The number of carboxylic acids is 2. The number of phenols is 1. The Bertz CT molecular complexity index is 1340. The summed E-state index contributed by atoms with van der Waals surface area (Å²) in [6, 6.07) is 16.1. The normalized spacial score (nSPS) is 10.7. The van der Waals surface area contributed by atoms with Crippen molar-refractivity contribution in [3.05, 3.63) is 83.7 Å². The standard InChI is InChI=1S/C22H22N4O2.2C2HF3O2/c23-21(24)19-7-8-20(27)18(14-19)2-1-11-26-22(28)17-5-3-15(4-6-17)16-9-12-25-13-10-16;2*3-2(4,5)1(6)7/h3-10,12-14,27H,1-2,11H2,(H3,23,24)(H,26,28);2*(H,6,7). The average Bonchev–Trinajstić information content (AvgIpc) is 2.92. The predicted octanol–water partition coefficient (Wildman–Crippen LogP) is 4.37. The number of nitrogens with two attached hydrogens (primary N) is 1. The molecule has 0 saturated heterocycles. The van der Waals surface area contributed by atoms with Crippen molar-refractivity contribution in [1.29, 1.82) is 5.41 Å². The number of benzene rings is 2. The first-order chi connectivity index (χ1) is 19.4. The van der Waals surface area contributed by atoms with Crippen LogP contribution in [-0.4, -0.2) is 62.9 Å². The molecule has 3 rings (SSSR count). The van der Waals surface area contributed by atoms with Crippen molar-refractivity contribution in [2.24, 2.45) is 5.73 Å². The fourth-order valence-electron chi connectivity index (χ4n) is 2.89. The number of aromatic hydroxyl groups is 1. The minimum atomic E-state index is -5.08. The summed E-state index contributed by atoms with van der Waals surface area (Å²) in [5, 5.41) is 34.5. The first kappa shape index (κ1) is 34.9. The molecule has 226 valence electrons. The van der Waals surface area contributed by atoms with Crippen molar-refractivity contribution in [3.63, 3.8) is 0 Å². The summed E-state index contributed by atoms with van der Waals surface area (Å²) in [5.74, 6) is -5.52. The molecular formula is C26H24F6N4O6. The summed E-state index contributed by atoms with van der Waals surface area (Å²) < 4.78 is 63.5. The van der Waals surface area contributed by atoms with Gasteiger partial charge in [0.15, 0.2) is 0 Å². The molecule has 0 radical (unpaired) electrons. The molecule has 42 heavy (non-hydrogen) atoms. The Morgan fingerprint density at radius 1 is 0.810 bits per heavy atom. The zero-order valence-electron chi connectivity index (χ0n) is 21.3. The Hall–Kier alpha value is -5.15. The van der Waals surface area contributed by atoms with Crippen LogP contribution in [0.3, 0.4) is 0 Å². The van der Waals surface area contributed by atoms with Crippen LogP contribution in [0.25, 0.3) is 11.1 Å². The Labute approximate surface area is 233 Å². The van der Waals surface area contributed by atoms with E-state index >= 15 is 0 Å². The number of aryl methyl sites for hydroxylation is 1. The average molecular weight is 602 g/mol. The molecule has 0 aliphatic carbocycles. The number of pyridine rings is 1. The summed E-state index contributed by atoms with van der Waals surface area (Å²) in [4.78, 5) is 34.1. The molecule has 0 bridgehead atoms. The third-order valence-electron chi connectivity index (χ3n) is 4.94. The van der Waals surface area contributed by atoms with Crippen molar-refractivity contribution in [2.75, 3.05) is 6.54 Å². The van der Waals surface area contributed by atoms with E-state index in [1.165, 1.54) is 6.07 Å². The second-order valence-corrected chi connectivity index (χ2v) is 8.04. The second kappa shape index (κ2) is 15.6. The molecule has 0 atom stereocenters. The number of phenolic OH excluding ortho intramolecular Hbond substituents is 1. The second-order valence-electron chi connectivity index (χ2n) is 8.04. The number of carboxylic acid groups (broad SMARTS) is 2. The number of nitrogen functional groups attached to an aromatic ring is 1. The Morgan fingerprint density at radius 2 is 1.26 bits per heavy atom. The lowest BCUT2D eigenvalue weighted by Gasteiger charge is -2.09. The zero-order chi connectivity index (χ0) is 32.1. The highest BCUT2D eigenvalue weighted by molar-refractivity contribution is 5.95. The summed E-state index contributed by atoms with van der Waals surface area (Å²) >= 11 is 0. The van der Waals surface area contributed by atoms with Crippen LogP contribution in [0.15, 0.2) is 67.0 Å². The minimum absolute atomic E-state index is 0.0373. The van der Waals surface area contributed by atoms with E-state index in [-0.39, 0.29) is 17.5 Å². The summed E-state index contributed by atoms with van der Waals surface area (Å²) in [7, 11) is 0. The van der Waals surface area contributed by atoms with Gasteiger partial charge in [0.1, 0.15) is 11.6 Å². The molecule has 0 aliphatic heterocycles. The number of halogens is 6. The van der Waals surface area contributed by atoms with E-state index < -0.39 is 24.3 Å². The highest BCUT2D eigenvalue weighted by Crippen LogP contribution is 2.21. The number of hydrogen-bond donors (Lipinski definition) is 6. The summed E-state index contributed by atoms with van der Waals surface area (Å²) in [6.45, 7) is 0.481. The van der Waals surface area contributed by atoms with Crippen LogP contribution in [-0.2, 0) is 16.0 Å². The predicted molar refractivity (Wildman–Crippen MR) is 137 cm³/mol. The molecular weight excluding hydrogens is 578 g/mol. The van der Waals surface area contributed by atoms with Crippen LogP contribution in [0, 0.1) is 5.41 Å². The molecule has 0 unspecified atom stereocenters. The molecule has 0 spiro atoms. The van der Waals surface area contributed by atoms with Gasteiger partial charge in [-0.3, -0.25) is 15.2 Å². The topological polar surface area (TPSA) is 187 Å². The SMILES string of the molecule is N=C(N)c1ccc(O)c(CCCNC(=O)c2ccc(-c3ccncc3)cc2)c1.O=C(O)C(F)(F)F.O=C(O)C(F)(F)F. The molecule has 0 aliphatic rings. The maximum atomic E-state index is 12.3. The van der Waals surface area contributed by atoms with Gasteiger partial charge in [0.25, 0.3) is 5.91 Å². The highest BCUT2D eigenvalue weighted by atomic mass is 19.4. The minimum Gasteiger partial charge on any atom is -0.508 e. The number of carbonyl (C=O) groups is 3. The van der Waals surface area contributed by atoms with Gasteiger partial charge in [-0.25, -0.2) is 9.59 Å². The largest absolute Gasteiger partial charge is 0.508 e. The lowest BCUT2D eigenvalue weighted by atomic mass is 10.0. The number of rotatable bonds is 7. The van der Waals surface area contributed by atoms with Crippen molar-refractivity contribution < 1.29 is 56.0 Å². The maximum Gasteiger partial charge on any atom is 0.490 e. The van der Waals surface area contributed by atoms with Crippen LogP contribution in [0.1, 0.15) is 27.9 Å². The third-order valence-corrected chi connectivity index (χ3v) is 4.94. The third kappa shape index (κ3) is 12.4. The van der Waals surface area contributed by atoms with E-state index in [9.17, 15) is 36.2 Å². The highest BCUT2D eigenvalue weighted by Gasteiger charge is 2.38. The number of amides is 1. The molecule has 10 nitrogen and oxygen atoms in total. The van der Waals surface area contributed by atoms with Crippen molar-refractivity contribution >= 4 is 23.7 Å². The van der Waals surface area contributed by atoms with Gasteiger partial charge in [0, 0.05) is 30.1 Å². The Balaban J connectivity index is 0.000000522. The van der Waals surface area contributed by atoms with Gasteiger partial charge in [-0.2, -0.15) is 26.3 Å². The zero-order valence-corrected chi connectivity index (χ0v) is 21.3. The van der Waals surface area contributed by atoms with Gasteiger partial charge in [-0.1, -0.05) is 12.1 Å². The molecule has 0 fully saturated rings. The number of nitrogens with zero attached hydrogens (tertiary/aromatic N) is 1. The van der Waals surface area contributed by atoms with Crippen molar-refractivity contribution in [1.82, 2.24) is 10.3 Å². The molecule has 7 N–H and O–H groups in total. The number of aromatic nitrogens is 1. The van der Waals surface area contributed by atoms with Gasteiger partial charge in [0.05, 0.1) is 0 Å². The van der Waals surface area contributed by atoms with E-state index in [4.69, 9.17) is 30.9 Å². The first-order valence-electron chi connectivity index (χ1n) is 11.5. The van der Waals surface area contributed by atoms with Crippen molar-refractivity contribution in [3.8, 4) is 16.9 Å². The van der Waals surface area contributed by atoms with Crippen LogP contribution >= 0.6 is 0 Å². The van der Waals surface area contributed by atoms with E-state index in [0.29, 0.717) is 36.1 Å². The van der Waals surface area contributed by atoms with Gasteiger partial charge in [0.2, 0.25) is 0 Å². The van der Waals surface area contributed by atoms with E-state index in [0.717, 1.165) is 11.1 Å². The Morgan fingerprint density at radius 3 is 1.71 bits per heavy atom. The van der Waals surface area contributed by atoms with Crippen molar-refractivity contribution in [2.45, 2.75) is 25.2 Å². The molecule has 1 heterocycles. The first-order valence-corrected chi connectivity index (χ1v) is 11.5. The molecule has 1 amide bonds. The van der Waals surface area contributed by atoms with Gasteiger partial charge >= 0.3 is 24.3 Å². The Kier molecular flexibility index (Phi) is 12.9. The molecule has 3 aromatic rings. The fraction of sp³-hybridized carbons (Fsp3) is 0.192. The van der Waals surface area contributed by atoms with E-state index in [2.05, 4.69) is 10.3 Å². The summed E-state index contributed by atoms with van der Waals surface area (Å²) in [5.41, 5.74) is 9.44. The number of alkyl halides is 6. The van der Waals surface area contributed by atoms with Crippen LogP contribution < -0.4 is 11.1 Å². The van der Waals surface area contributed by atoms with Crippen LogP contribution in [0.5, 0.6) is 5.75 Å². The van der Waals surface area contributed by atoms with E-state index in [1.54, 1.807) is 36.7 Å².